The first-order chi connectivity index (χ1) is 9.66. The first-order valence-electron chi connectivity index (χ1n) is 7.36. The summed E-state index contributed by atoms with van der Waals surface area (Å²) < 4.78 is 5.67. The Kier molecular flexibility index (Phi) is 5.41. The topological polar surface area (TPSA) is 50.4 Å². The number of piperidine rings is 1. The number of carbonyl (C=O) groups is 1. The van der Waals surface area contributed by atoms with Crippen molar-refractivity contribution in [3.8, 4) is 5.75 Å². The lowest BCUT2D eigenvalue weighted by atomic mass is 9.92. The summed E-state index contributed by atoms with van der Waals surface area (Å²) in [7, 11) is 0. The van der Waals surface area contributed by atoms with E-state index in [-0.39, 0.29) is 11.8 Å². The normalized spacial score (nSPS) is 22.3. The number of amides is 1. The van der Waals surface area contributed by atoms with Gasteiger partial charge in [0.1, 0.15) is 12.4 Å². The third kappa shape index (κ3) is 4.23. The van der Waals surface area contributed by atoms with Crippen molar-refractivity contribution in [3.05, 3.63) is 29.8 Å². The van der Waals surface area contributed by atoms with E-state index in [0.29, 0.717) is 19.2 Å². The van der Waals surface area contributed by atoms with Crippen molar-refractivity contribution >= 4 is 5.91 Å². The molecule has 1 aliphatic heterocycles. The van der Waals surface area contributed by atoms with Crippen molar-refractivity contribution in [2.24, 2.45) is 5.92 Å². The highest BCUT2D eigenvalue weighted by atomic mass is 16.5. The Morgan fingerprint density at radius 1 is 1.45 bits per heavy atom. The minimum Gasteiger partial charge on any atom is -0.491 e. The molecule has 2 atom stereocenters. The van der Waals surface area contributed by atoms with Crippen LogP contribution in [-0.4, -0.2) is 31.6 Å². The minimum absolute atomic E-state index is 0.143. The van der Waals surface area contributed by atoms with E-state index >= 15 is 0 Å². The summed E-state index contributed by atoms with van der Waals surface area (Å²) >= 11 is 0. The van der Waals surface area contributed by atoms with Crippen molar-refractivity contribution in [1.29, 1.82) is 0 Å². The zero-order chi connectivity index (χ0) is 14.4. The molecule has 20 heavy (non-hydrogen) atoms. The van der Waals surface area contributed by atoms with E-state index in [1.165, 1.54) is 0 Å². The maximum Gasteiger partial charge on any atom is 0.223 e. The van der Waals surface area contributed by atoms with Crippen molar-refractivity contribution in [1.82, 2.24) is 10.6 Å². The van der Waals surface area contributed by atoms with Gasteiger partial charge in [-0.25, -0.2) is 0 Å². The first-order valence-corrected chi connectivity index (χ1v) is 7.36. The Balaban J connectivity index is 1.68. The monoisotopic (exact) mass is 276 g/mol. The number of hydrogen-bond donors (Lipinski definition) is 2. The summed E-state index contributed by atoms with van der Waals surface area (Å²) in [6, 6.07) is 8.35. The van der Waals surface area contributed by atoms with Crippen LogP contribution in [0.5, 0.6) is 5.75 Å². The summed E-state index contributed by atoms with van der Waals surface area (Å²) in [6.07, 6.45) is 1.85. The highest BCUT2D eigenvalue weighted by Gasteiger charge is 2.24. The summed E-state index contributed by atoms with van der Waals surface area (Å²) in [5.74, 6) is 1.19. The Labute approximate surface area is 120 Å². The van der Waals surface area contributed by atoms with E-state index in [2.05, 4.69) is 17.6 Å². The molecule has 0 saturated carbocycles. The van der Waals surface area contributed by atoms with Crippen molar-refractivity contribution in [2.45, 2.75) is 32.7 Å². The molecule has 1 aromatic carbocycles. The zero-order valence-corrected chi connectivity index (χ0v) is 12.3. The van der Waals surface area contributed by atoms with Gasteiger partial charge < -0.3 is 15.4 Å². The Bertz CT molecular complexity index is 448. The predicted molar refractivity (Wildman–Crippen MR) is 79.9 cm³/mol. The Morgan fingerprint density at radius 2 is 2.25 bits per heavy atom. The average molecular weight is 276 g/mol. The molecule has 0 aromatic heterocycles. The van der Waals surface area contributed by atoms with Gasteiger partial charge in [-0.2, -0.15) is 0 Å². The van der Waals surface area contributed by atoms with E-state index in [9.17, 15) is 4.79 Å². The van der Waals surface area contributed by atoms with Gasteiger partial charge >= 0.3 is 0 Å². The van der Waals surface area contributed by atoms with Crippen molar-refractivity contribution in [2.75, 3.05) is 19.7 Å². The molecule has 1 amide bonds. The number of para-hydroxylation sites is 1. The lowest BCUT2D eigenvalue weighted by Crippen LogP contribution is -2.43. The summed E-state index contributed by atoms with van der Waals surface area (Å²) in [6.45, 7) is 6.15. The molecule has 110 valence electrons. The summed E-state index contributed by atoms with van der Waals surface area (Å²) in [4.78, 5) is 12.0. The van der Waals surface area contributed by atoms with E-state index < -0.39 is 0 Å². The number of aryl methyl sites for hydroxylation is 1. The molecule has 1 aromatic rings. The molecule has 2 N–H and O–H groups in total. The standard InChI is InChI=1S/C16H24N2O2/c1-12-5-3-4-6-15(12)20-10-9-18-16(19)14-7-8-17-13(2)11-14/h3-6,13-14,17H,7-11H2,1-2H3,(H,18,19)/t13-,14-/m0/s1. The molecule has 1 saturated heterocycles. The van der Waals surface area contributed by atoms with Gasteiger partial charge in [0.25, 0.3) is 0 Å². The van der Waals surface area contributed by atoms with Crippen LogP contribution < -0.4 is 15.4 Å². The van der Waals surface area contributed by atoms with Crippen LogP contribution in [0.25, 0.3) is 0 Å². The molecule has 0 aliphatic carbocycles. The quantitative estimate of drug-likeness (QED) is 0.807. The molecule has 0 unspecified atom stereocenters. The first kappa shape index (κ1) is 14.9. The van der Waals surface area contributed by atoms with Crippen molar-refractivity contribution in [3.63, 3.8) is 0 Å². The molecular weight excluding hydrogens is 252 g/mol. The van der Waals surface area contributed by atoms with Crippen LogP contribution in [-0.2, 0) is 4.79 Å². The van der Waals surface area contributed by atoms with Gasteiger partial charge in [-0.3, -0.25) is 4.79 Å². The molecular formula is C16H24N2O2. The smallest absolute Gasteiger partial charge is 0.223 e. The fourth-order valence-electron chi connectivity index (χ4n) is 2.57. The molecule has 1 fully saturated rings. The molecule has 0 radical (unpaired) electrons. The fraction of sp³-hybridized carbons (Fsp3) is 0.562. The summed E-state index contributed by atoms with van der Waals surface area (Å²) in [5.41, 5.74) is 1.12. The highest BCUT2D eigenvalue weighted by molar-refractivity contribution is 5.78. The number of rotatable bonds is 5. The molecule has 1 heterocycles. The Hall–Kier alpha value is -1.55. The van der Waals surface area contributed by atoms with Crippen LogP contribution >= 0.6 is 0 Å². The van der Waals surface area contributed by atoms with E-state index in [4.69, 9.17) is 4.74 Å². The van der Waals surface area contributed by atoms with Crippen LogP contribution in [0.15, 0.2) is 24.3 Å². The second kappa shape index (κ2) is 7.29. The molecule has 1 aliphatic rings. The van der Waals surface area contributed by atoms with Gasteiger partial charge in [-0.1, -0.05) is 18.2 Å². The second-order valence-electron chi connectivity index (χ2n) is 5.48. The number of hydrogen-bond acceptors (Lipinski definition) is 3. The second-order valence-corrected chi connectivity index (χ2v) is 5.48. The third-order valence-corrected chi connectivity index (χ3v) is 3.75. The molecule has 0 spiro atoms. The predicted octanol–water partition coefficient (Wildman–Crippen LogP) is 1.88. The maximum absolute atomic E-state index is 12.0. The van der Waals surface area contributed by atoms with E-state index in [1.54, 1.807) is 0 Å². The third-order valence-electron chi connectivity index (χ3n) is 3.75. The van der Waals surface area contributed by atoms with Gasteiger partial charge in [0.05, 0.1) is 6.54 Å². The SMILES string of the molecule is Cc1ccccc1OCCNC(=O)[C@H]1CCN[C@@H](C)C1. The number of nitrogens with one attached hydrogen (secondary N) is 2. The molecule has 4 nitrogen and oxygen atoms in total. The zero-order valence-electron chi connectivity index (χ0n) is 12.3. The van der Waals surface area contributed by atoms with Crippen LogP contribution in [0.2, 0.25) is 0 Å². The molecule has 2 rings (SSSR count). The maximum atomic E-state index is 12.0. The van der Waals surface area contributed by atoms with Gasteiger partial charge in [0.15, 0.2) is 0 Å². The number of carbonyl (C=O) groups excluding carboxylic acids is 1. The molecule has 0 bridgehead atoms. The van der Waals surface area contributed by atoms with E-state index in [0.717, 1.165) is 30.7 Å². The largest absolute Gasteiger partial charge is 0.491 e. The van der Waals surface area contributed by atoms with Gasteiger partial charge in [0, 0.05) is 12.0 Å². The average Bonchev–Trinajstić information content (AvgIpc) is 2.45. The van der Waals surface area contributed by atoms with Gasteiger partial charge in [0.2, 0.25) is 5.91 Å². The van der Waals surface area contributed by atoms with E-state index in [1.807, 2.05) is 31.2 Å². The van der Waals surface area contributed by atoms with Gasteiger partial charge in [-0.05, 0) is 44.9 Å². The number of ether oxygens (including phenoxy) is 1. The Morgan fingerprint density at radius 3 is 3.00 bits per heavy atom. The van der Waals surface area contributed by atoms with Crippen LogP contribution in [0.3, 0.4) is 0 Å². The van der Waals surface area contributed by atoms with Crippen LogP contribution in [0, 0.1) is 12.8 Å². The highest BCUT2D eigenvalue weighted by Crippen LogP contribution is 2.17. The van der Waals surface area contributed by atoms with Crippen molar-refractivity contribution < 1.29 is 9.53 Å². The lowest BCUT2D eigenvalue weighted by Gasteiger charge is -2.27. The lowest BCUT2D eigenvalue weighted by molar-refractivity contribution is -0.126. The minimum atomic E-state index is 0.143. The fourth-order valence-corrected chi connectivity index (χ4v) is 2.57. The van der Waals surface area contributed by atoms with Crippen LogP contribution in [0.4, 0.5) is 0 Å². The van der Waals surface area contributed by atoms with Gasteiger partial charge in [-0.15, -0.1) is 0 Å². The molecule has 4 heteroatoms. The van der Waals surface area contributed by atoms with Crippen LogP contribution in [0.1, 0.15) is 25.3 Å². The number of benzene rings is 1. The summed E-state index contributed by atoms with van der Waals surface area (Å²) in [5, 5.41) is 6.33.